The minimum absolute atomic E-state index is 0.0952. The molecule has 0 unspecified atom stereocenters. The van der Waals surface area contributed by atoms with Gasteiger partial charge in [-0.3, -0.25) is 14.4 Å². The molecule has 0 saturated heterocycles. The van der Waals surface area contributed by atoms with E-state index in [1.165, 1.54) is 11.1 Å². The van der Waals surface area contributed by atoms with Crippen molar-refractivity contribution in [3.8, 4) is 16.9 Å². The number of aliphatic hydroxyl groups is 1. The number of carbonyl (C=O) groups excluding carboxylic acids is 2. The molecule has 10 heteroatoms. The van der Waals surface area contributed by atoms with Crippen molar-refractivity contribution in [2.45, 2.75) is 84.1 Å². The zero-order chi connectivity index (χ0) is 33.3. The molecule has 5 rings (SSSR count). The quantitative estimate of drug-likeness (QED) is 0.226. The number of nitrogens with one attached hydrogen (secondary N) is 1. The monoisotopic (exact) mass is 645 g/mol. The smallest absolute Gasteiger partial charge is 0.407 e. The fourth-order valence-electron chi connectivity index (χ4n) is 7.10. The van der Waals surface area contributed by atoms with E-state index >= 15 is 0 Å². The number of rotatable bonds is 12. The first-order chi connectivity index (χ1) is 22.7. The van der Waals surface area contributed by atoms with Gasteiger partial charge in [0.2, 0.25) is 5.91 Å². The molecule has 0 spiro atoms. The van der Waals surface area contributed by atoms with Gasteiger partial charge in [-0.15, -0.1) is 0 Å². The number of aryl methyl sites for hydroxylation is 1. The van der Waals surface area contributed by atoms with Crippen LogP contribution < -0.4 is 15.0 Å². The molecular formula is C37H51N5O5. The van der Waals surface area contributed by atoms with E-state index in [2.05, 4.69) is 49.4 Å². The Labute approximate surface area is 278 Å². The van der Waals surface area contributed by atoms with Gasteiger partial charge in [0, 0.05) is 43.0 Å². The molecule has 1 aromatic carbocycles. The summed E-state index contributed by atoms with van der Waals surface area (Å²) in [5.74, 6) is 2.80. The van der Waals surface area contributed by atoms with Crippen LogP contribution in [0.5, 0.6) is 5.75 Å². The van der Waals surface area contributed by atoms with E-state index in [0.717, 1.165) is 68.2 Å². The van der Waals surface area contributed by atoms with E-state index in [-0.39, 0.29) is 36.9 Å². The first-order valence-electron chi connectivity index (χ1n) is 17.2. The Hall–Kier alpha value is -3.92. The van der Waals surface area contributed by atoms with Gasteiger partial charge >= 0.3 is 6.09 Å². The molecule has 0 aliphatic heterocycles. The van der Waals surface area contributed by atoms with E-state index in [1.54, 1.807) is 13.3 Å². The van der Waals surface area contributed by atoms with E-state index in [1.807, 2.05) is 34.1 Å². The van der Waals surface area contributed by atoms with Gasteiger partial charge < -0.3 is 19.9 Å². The molecule has 47 heavy (non-hydrogen) atoms. The van der Waals surface area contributed by atoms with Crippen LogP contribution in [-0.4, -0.2) is 65.3 Å². The summed E-state index contributed by atoms with van der Waals surface area (Å²) in [4.78, 5) is 32.9. The number of nitrogens with zero attached hydrogens (tertiary/aromatic N) is 4. The number of anilines is 1. The Morgan fingerprint density at radius 1 is 1.02 bits per heavy atom. The Bertz CT molecular complexity index is 1470. The Balaban J connectivity index is 1.28. The molecule has 0 radical (unpaired) electrons. The highest BCUT2D eigenvalue weighted by Crippen LogP contribution is 2.39. The molecule has 254 valence electrons. The zero-order valence-corrected chi connectivity index (χ0v) is 28.4. The zero-order valence-electron chi connectivity index (χ0n) is 28.4. The van der Waals surface area contributed by atoms with Gasteiger partial charge in [0.25, 0.3) is 0 Å². The number of aliphatic hydroxyl groups excluding tert-OH is 1. The van der Waals surface area contributed by atoms with Crippen molar-refractivity contribution in [3.63, 3.8) is 0 Å². The summed E-state index contributed by atoms with van der Waals surface area (Å²) in [5.41, 5.74) is 4.55. The molecule has 2 aliphatic rings. The molecule has 10 nitrogen and oxygen atoms in total. The largest absolute Gasteiger partial charge is 0.496 e. The first-order valence-corrected chi connectivity index (χ1v) is 17.2. The summed E-state index contributed by atoms with van der Waals surface area (Å²) in [5, 5.41) is 16.0. The van der Waals surface area contributed by atoms with Crippen molar-refractivity contribution < 1.29 is 24.2 Å². The Kier molecular flexibility index (Phi) is 11.9. The third-order valence-corrected chi connectivity index (χ3v) is 9.96. The summed E-state index contributed by atoms with van der Waals surface area (Å²) in [6, 6.07) is 10.8. The number of alkyl carbamates (subject to hydrolysis) is 1. The third kappa shape index (κ3) is 8.91. The molecule has 2 saturated carbocycles. The molecule has 0 bridgehead atoms. The lowest BCUT2D eigenvalue weighted by molar-refractivity contribution is -0.124. The maximum absolute atomic E-state index is 14.3. The molecule has 2 N–H and O–H groups in total. The summed E-state index contributed by atoms with van der Waals surface area (Å²) in [7, 11) is 1.71. The van der Waals surface area contributed by atoms with Gasteiger partial charge in [-0.05, 0) is 125 Å². The number of pyridine rings is 1. The second-order valence-electron chi connectivity index (χ2n) is 13.6. The van der Waals surface area contributed by atoms with Crippen molar-refractivity contribution in [1.29, 1.82) is 0 Å². The van der Waals surface area contributed by atoms with Crippen molar-refractivity contribution >= 4 is 17.8 Å². The number of methoxy groups -OCH3 is 1. The highest BCUT2D eigenvalue weighted by Gasteiger charge is 2.33. The van der Waals surface area contributed by atoms with Crippen LogP contribution in [-0.2, 0) is 9.53 Å². The average Bonchev–Trinajstić information content (AvgIpc) is 3.60. The third-order valence-electron chi connectivity index (χ3n) is 9.96. The topological polar surface area (TPSA) is 119 Å². The molecule has 2 fully saturated rings. The van der Waals surface area contributed by atoms with E-state index in [0.29, 0.717) is 30.8 Å². The Morgan fingerprint density at radius 2 is 1.77 bits per heavy atom. The summed E-state index contributed by atoms with van der Waals surface area (Å²) >= 11 is 0. The fraction of sp³-hybridized carbons (Fsp3) is 0.568. The lowest BCUT2D eigenvalue weighted by Gasteiger charge is -2.36. The second-order valence-corrected chi connectivity index (χ2v) is 13.6. The van der Waals surface area contributed by atoms with Crippen LogP contribution >= 0.6 is 0 Å². The van der Waals surface area contributed by atoms with E-state index in [4.69, 9.17) is 19.6 Å². The minimum atomic E-state index is -0.509. The van der Waals surface area contributed by atoms with Crippen LogP contribution in [0.15, 0.2) is 48.9 Å². The predicted octanol–water partition coefficient (Wildman–Crippen LogP) is 6.67. The number of hydrogen-bond donors (Lipinski definition) is 2. The van der Waals surface area contributed by atoms with Crippen LogP contribution in [0.1, 0.15) is 88.3 Å². The maximum Gasteiger partial charge on any atom is 0.407 e. The highest BCUT2D eigenvalue weighted by atomic mass is 16.5. The molecule has 2 aromatic heterocycles. The number of ether oxygens (including phenoxy) is 2. The van der Waals surface area contributed by atoms with Crippen LogP contribution in [0.3, 0.4) is 0 Å². The normalized spacial score (nSPS) is 21.3. The van der Waals surface area contributed by atoms with Crippen LogP contribution in [0.2, 0.25) is 0 Å². The van der Waals surface area contributed by atoms with E-state index in [9.17, 15) is 9.59 Å². The van der Waals surface area contributed by atoms with Gasteiger partial charge in [-0.2, -0.15) is 5.10 Å². The van der Waals surface area contributed by atoms with Crippen molar-refractivity contribution in [3.05, 3.63) is 60.0 Å². The van der Waals surface area contributed by atoms with Crippen molar-refractivity contribution in [2.24, 2.45) is 17.8 Å². The minimum Gasteiger partial charge on any atom is -0.496 e. The second kappa shape index (κ2) is 16.3. The van der Waals surface area contributed by atoms with E-state index < -0.39 is 6.09 Å². The molecule has 2 amide bonds. The number of amides is 2. The number of hydrogen-bond acceptors (Lipinski definition) is 7. The first kappa shape index (κ1) is 34.4. The van der Waals surface area contributed by atoms with Gasteiger partial charge in [0.15, 0.2) is 0 Å². The highest BCUT2D eigenvalue weighted by molar-refractivity contribution is 5.94. The van der Waals surface area contributed by atoms with Gasteiger partial charge in [-0.1, -0.05) is 12.1 Å². The summed E-state index contributed by atoms with van der Waals surface area (Å²) in [6.07, 6.45) is 12.7. The molecule has 3 aromatic rings. The van der Waals surface area contributed by atoms with Gasteiger partial charge in [0.1, 0.15) is 11.6 Å². The van der Waals surface area contributed by atoms with Crippen LogP contribution in [0.4, 0.5) is 10.6 Å². The number of aromatic nitrogens is 3. The fourth-order valence-corrected chi connectivity index (χ4v) is 7.10. The van der Waals surface area contributed by atoms with Gasteiger partial charge in [-0.25, -0.2) is 9.78 Å². The lowest BCUT2D eigenvalue weighted by atomic mass is 9.78. The SMILES string of the molecule is COc1ccc(C2CCC(CN(C(=O)C3CCC(COC(=O)NCCO)CC3)c3cc(-c4cnn(C(C)C)c4)ccn3)CC2)cc1C. The predicted molar refractivity (Wildman–Crippen MR) is 183 cm³/mol. The van der Waals surface area contributed by atoms with Crippen molar-refractivity contribution in [1.82, 2.24) is 20.1 Å². The average molecular weight is 646 g/mol. The summed E-state index contributed by atoms with van der Waals surface area (Å²) in [6.45, 7) is 7.34. The number of carbonyl (C=O) groups is 2. The van der Waals surface area contributed by atoms with Crippen molar-refractivity contribution in [2.75, 3.05) is 38.3 Å². The Morgan fingerprint density at radius 3 is 2.43 bits per heavy atom. The van der Waals surface area contributed by atoms with Gasteiger partial charge in [0.05, 0.1) is 26.5 Å². The molecule has 0 atom stereocenters. The molecule has 2 aliphatic carbocycles. The molecular weight excluding hydrogens is 594 g/mol. The maximum atomic E-state index is 14.3. The standard InChI is InChI=1S/C37H51N5O5/c1-25(2)42-23-33(21-40-42)32-15-16-38-35(20-32)41(36(44)30-11-7-28(8-12-30)24-47-37(45)39-17-18-43)22-27-5-9-29(10-6-27)31-13-14-34(46-4)26(3)19-31/h13-16,19-21,23,25,27-30,43H,5-12,17-18,22,24H2,1-4H3,(H,39,45). The van der Waals surface area contributed by atoms with Crippen LogP contribution in [0.25, 0.3) is 11.1 Å². The lowest BCUT2D eigenvalue weighted by Crippen LogP contribution is -2.42. The molecule has 2 heterocycles. The number of benzene rings is 1. The summed E-state index contributed by atoms with van der Waals surface area (Å²) < 4.78 is 12.8. The van der Waals surface area contributed by atoms with Crippen LogP contribution in [0, 0.1) is 24.7 Å².